The number of nitrogens with one attached hydrogen (secondary N) is 1. The molecule has 144 valence electrons. The van der Waals surface area contributed by atoms with Gasteiger partial charge in [-0.05, 0) is 38.1 Å². The molecule has 7 nitrogen and oxygen atoms in total. The van der Waals surface area contributed by atoms with Gasteiger partial charge in [-0.3, -0.25) is 5.32 Å². The van der Waals surface area contributed by atoms with E-state index in [1.165, 1.54) is 0 Å². The van der Waals surface area contributed by atoms with E-state index in [1.807, 2.05) is 57.1 Å². The van der Waals surface area contributed by atoms with Gasteiger partial charge in [0.25, 0.3) is 0 Å². The SMILES string of the molecule is COc1ccc2c(c1)OC(C)(C)CN(C(=O)Nc1ccc(N(C)C)cn1)C2. The lowest BCUT2D eigenvalue weighted by molar-refractivity contribution is 0.0833. The van der Waals surface area contributed by atoms with E-state index < -0.39 is 5.60 Å². The molecule has 0 unspecified atom stereocenters. The Hall–Kier alpha value is -2.96. The summed E-state index contributed by atoms with van der Waals surface area (Å²) in [6.07, 6.45) is 1.73. The van der Waals surface area contributed by atoms with Crippen molar-refractivity contribution < 1.29 is 14.3 Å². The maximum atomic E-state index is 12.8. The van der Waals surface area contributed by atoms with Crippen molar-refractivity contribution in [2.75, 3.05) is 38.0 Å². The van der Waals surface area contributed by atoms with Crippen LogP contribution in [0.25, 0.3) is 0 Å². The van der Waals surface area contributed by atoms with Gasteiger partial charge >= 0.3 is 6.03 Å². The predicted molar refractivity (Wildman–Crippen MR) is 106 cm³/mol. The van der Waals surface area contributed by atoms with E-state index in [0.717, 1.165) is 22.7 Å². The molecule has 0 saturated carbocycles. The number of urea groups is 1. The number of carbonyl (C=O) groups is 1. The molecule has 0 radical (unpaired) electrons. The van der Waals surface area contributed by atoms with Gasteiger partial charge in [-0.1, -0.05) is 0 Å². The molecule has 2 aromatic rings. The van der Waals surface area contributed by atoms with E-state index in [1.54, 1.807) is 24.3 Å². The van der Waals surface area contributed by atoms with Crippen LogP contribution in [-0.4, -0.2) is 49.3 Å². The van der Waals surface area contributed by atoms with Crippen LogP contribution in [-0.2, 0) is 6.54 Å². The Balaban J connectivity index is 1.79. The van der Waals surface area contributed by atoms with Gasteiger partial charge in [-0.2, -0.15) is 0 Å². The van der Waals surface area contributed by atoms with E-state index in [9.17, 15) is 4.79 Å². The topological polar surface area (TPSA) is 66.9 Å². The van der Waals surface area contributed by atoms with E-state index in [-0.39, 0.29) is 6.03 Å². The van der Waals surface area contributed by atoms with Gasteiger partial charge < -0.3 is 19.3 Å². The fraction of sp³-hybridized carbons (Fsp3) is 0.400. The molecule has 0 fully saturated rings. The molecular weight excluding hydrogens is 344 g/mol. The number of pyridine rings is 1. The first-order valence-electron chi connectivity index (χ1n) is 8.83. The van der Waals surface area contributed by atoms with Crippen molar-refractivity contribution in [1.82, 2.24) is 9.88 Å². The predicted octanol–water partition coefficient (Wildman–Crippen LogP) is 3.36. The molecule has 7 heteroatoms. The second-order valence-corrected chi connectivity index (χ2v) is 7.42. The summed E-state index contributed by atoms with van der Waals surface area (Å²) in [6.45, 7) is 4.83. The lowest BCUT2D eigenvalue weighted by atomic mass is 10.1. The monoisotopic (exact) mass is 370 g/mol. The van der Waals surface area contributed by atoms with Crippen LogP contribution in [0, 0.1) is 0 Å². The van der Waals surface area contributed by atoms with Crippen LogP contribution in [0.4, 0.5) is 16.3 Å². The fourth-order valence-corrected chi connectivity index (χ4v) is 3.00. The van der Waals surface area contributed by atoms with Crippen molar-refractivity contribution in [3.63, 3.8) is 0 Å². The Kier molecular flexibility index (Phi) is 5.12. The number of amides is 2. The minimum Gasteiger partial charge on any atom is -0.497 e. The molecule has 3 rings (SSSR count). The number of aromatic nitrogens is 1. The number of anilines is 2. The van der Waals surface area contributed by atoms with Gasteiger partial charge in [0.1, 0.15) is 22.9 Å². The third kappa shape index (κ3) is 4.42. The first-order valence-corrected chi connectivity index (χ1v) is 8.83. The lowest BCUT2D eigenvalue weighted by Crippen LogP contribution is -2.44. The summed E-state index contributed by atoms with van der Waals surface area (Å²) in [4.78, 5) is 20.9. The van der Waals surface area contributed by atoms with Crippen molar-refractivity contribution in [2.45, 2.75) is 26.0 Å². The number of carbonyl (C=O) groups excluding carboxylic acids is 1. The minimum absolute atomic E-state index is 0.208. The molecule has 1 aliphatic rings. The molecule has 2 heterocycles. The number of ether oxygens (including phenoxy) is 2. The van der Waals surface area contributed by atoms with E-state index in [4.69, 9.17) is 9.47 Å². The zero-order valence-corrected chi connectivity index (χ0v) is 16.4. The number of hydrogen-bond donors (Lipinski definition) is 1. The average molecular weight is 370 g/mol. The van der Waals surface area contributed by atoms with Gasteiger partial charge in [-0.15, -0.1) is 0 Å². The third-order valence-corrected chi connectivity index (χ3v) is 4.38. The van der Waals surface area contributed by atoms with Crippen molar-refractivity contribution >= 4 is 17.5 Å². The number of hydrogen-bond acceptors (Lipinski definition) is 5. The molecule has 0 bridgehead atoms. The van der Waals surface area contributed by atoms with Crippen LogP contribution in [0.3, 0.4) is 0 Å². The highest BCUT2D eigenvalue weighted by atomic mass is 16.5. The molecular formula is C20H26N4O3. The van der Waals surface area contributed by atoms with Crippen LogP contribution in [0.2, 0.25) is 0 Å². The molecule has 1 aromatic heterocycles. The molecule has 1 N–H and O–H groups in total. The summed E-state index contributed by atoms with van der Waals surface area (Å²) >= 11 is 0. The number of rotatable bonds is 3. The van der Waals surface area contributed by atoms with Gasteiger partial charge in [0, 0.05) is 25.7 Å². The molecule has 0 aliphatic carbocycles. The highest BCUT2D eigenvalue weighted by Gasteiger charge is 2.32. The van der Waals surface area contributed by atoms with Crippen molar-refractivity contribution in [1.29, 1.82) is 0 Å². The molecule has 27 heavy (non-hydrogen) atoms. The van der Waals surface area contributed by atoms with Crippen molar-refractivity contribution in [2.24, 2.45) is 0 Å². The maximum absolute atomic E-state index is 12.8. The Morgan fingerprint density at radius 1 is 1.30 bits per heavy atom. The summed E-state index contributed by atoms with van der Waals surface area (Å²) in [6, 6.07) is 9.17. The molecule has 0 atom stereocenters. The van der Waals surface area contributed by atoms with Gasteiger partial charge in [0.15, 0.2) is 0 Å². The highest BCUT2D eigenvalue weighted by molar-refractivity contribution is 5.88. The zero-order valence-electron chi connectivity index (χ0n) is 16.4. The standard InChI is InChI=1S/C20H26N4O3/c1-20(2)13-24(12-14-6-8-16(26-5)10-17(14)27-20)19(25)22-18-9-7-15(11-21-18)23(3)4/h6-11H,12-13H2,1-5H3,(H,21,22,25). The van der Waals surface area contributed by atoms with Gasteiger partial charge in [0.05, 0.1) is 32.1 Å². The Morgan fingerprint density at radius 3 is 2.70 bits per heavy atom. The highest BCUT2D eigenvalue weighted by Crippen LogP contribution is 2.32. The summed E-state index contributed by atoms with van der Waals surface area (Å²) in [5.74, 6) is 1.99. The summed E-state index contributed by atoms with van der Waals surface area (Å²) < 4.78 is 11.4. The molecule has 2 amide bonds. The molecule has 1 aromatic carbocycles. The van der Waals surface area contributed by atoms with E-state index in [2.05, 4.69) is 10.3 Å². The number of fused-ring (bicyclic) bond motifs is 1. The van der Waals surface area contributed by atoms with E-state index in [0.29, 0.717) is 18.9 Å². The van der Waals surface area contributed by atoms with Gasteiger partial charge in [-0.25, -0.2) is 9.78 Å². The smallest absolute Gasteiger partial charge is 0.323 e. The lowest BCUT2D eigenvalue weighted by Gasteiger charge is -2.29. The summed E-state index contributed by atoms with van der Waals surface area (Å²) in [5.41, 5.74) is 1.38. The summed E-state index contributed by atoms with van der Waals surface area (Å²) in [7, 11) is 5.51. The second kappa shape index (κ2) is 7.34. The Morgan fingerprint density at radius 2 is 2.07 bits per heavy atom. The quantitative estimate of drug-likeness (QED) is 0.897. The normalized spacial score (nSPS) is 15.2. The molecule has 0 spiro atoms. The zero-order chi connectivity index (χ0) is 19.6. The minimum atomic E-state index is -0.531. The first kappa shape index (κ1) is 18.8. The van der Waals surface area contributed by atoms with Crippen LogP contribution >= 0.6 is 0 Å². The summed E-state index contributed by atoms with van der Waals surface area (Å²) in [5, 5.41) is 2.87. The van der Waals surface area contributed by atoms with Crippen LogP contribution in [0.1, 0.15) is 19.4 Å². The molecule has 0 saturated heterocycles. The average Bonchev–Trinajstić information content (AvgIpc) is 2.75. The molecule has 1 aliphatic heterocycles. The van der Waals surface area contributed by atoms with Crippen molar-refractivity contribution in [3.05, 3.63) is 42.1 Å². The third-order valence-electron chi connectivity index (χ3n) is 4.38. The van der Waals surface area contributed by atoms with Crippen molar-refractivity contribution in [3.8, 4) is 11.5 Å². The first-order chi connectivity index (χ1) is 12.8. The Labute approximate surface area is 159 Å². The van der Waals surface area contributed by atoms with Gasteiger partial charge in [0.2, 0.25) is 0 Å². The van der Waals surface area contributed by atoms with Crippen LogP contribution in [0.15, 0.2) is 36.5 Å². The largest absolute Gasteiger partial charge is 0.497 e. The Bertz CT molecular complexity index is 818. The fourth-order valence-electron chi connectivity index (χ4n) is 3.00. The van der Waals surface area contributed by atoms with E-state index >= 15 is 0 Å². The number of methoxy groups -OCH3 is 1. The number of benzene rings is 1. The number of nitrogens with zero attached hydrogens (tertiary/aromatic N) is 3. The van der Waals surface area contributed by atoms with Crippen LogP contribution in [0.5, 0.6) is 11.5 Å². The maximum Gasteiger partial charge on any atom is 0.323 e. The second-order valence-electron chi connectivity index (χ2n) is 7.42. The van der Waals surface area contributed by atoms with Crippen LogP contribution < -0.4 is 19.7 Å².